The molecule has 0 saturated carbocycles. The molecule has 0 aliphatic heterocycles. The molecule has 2 heterocycles. The van der Waals surface area contributed by atoms with Crippen LogP contribution in [0, 0.1) is 0 Å². The normalized spacial score (nSPS) is 26.9. The van der Waals surface area contributed by atoms with Gasteiger partial charge in [0.15, 0.2) is 0 Å². The summed E-state index contributed by atoms with van der Waals surface area (Å²) in [4.78, 5) is -2.62. The van der Waals surface area contributed by atoms with Crippen LogP contribution in [0.4, 0.5) is 52.7 Å². The van der Waals surface area contributed by atoms with Crippen molar-refractivity contribution in [3.05, 3.63) is 33.0 Å². The molecule has 2 aliphatic carbocycles. The van der Waals surface area contributed by atoms with Gasteiger partial charge in [-0.05, 0) is 0 Å². The van der Waals surface area contributed by atoms with Gasteiger partial charge < -0.3 is 0 Å². The Morgan fingerprint density at radius 1 is 0.464 bits per heavy atom. The van der Waals surface area contributed by atoms with Crippen LogP contribution in [0.2, 0.25) is 0 Å². The first-order chi connectivity index (χ1) is 12.5. The van der Waals surface area contributed by atoms with E-state index in [-0.39, 0.29) is 33.4 Å². The second kappa shape index (κ2) is 4.82. The average molecular weight is 462 g/mol. The maximum atomic E-state index is 14.0. The quantitative estimate of drug-likeness (QED) is 0.395. The molecule has 0 unspecified atom stereocenters. The fourth-order valence-electron chi connectivity index (χ4n) is 3.18. The van der Waals surface area contributed by atoms with E-state index in [4.69, 9.17) is 0 Å². The SMILES string of the molecule is FC1(F)c2csc(-c3scc4c3C(F)(F)C(F)(F)C4(F)F)c2C(F)(F)C1(F)F. The van der Waals surface area contributed by atoms with Gasteiger partial charge in [0, 0.05) is 21.9 Å². The number of hydrogen-bond acceptors (Lipinski definition) is 2. The molecule has 0 bridgehead atoms. The molecule has 0 fully saturated rings. The first kappa shape index (κ1) is 19.9. The van der Waals surface area contributed by atoms with Crippen LogP contribution in [0.1, 0.15) is 22.3 Å². The Morgan fingerprint density at radius 2 is 0.750 bits per heavy atom. The summed E-state index contributed by atoms with van der Waals surface area (Å²) in [6.07, 6.45) is 0. The first-order valence-corrected chi connectivity index (χ1v) is 8.73. The Balaban J connectivity index is 2.02. The second-order valence-electron chi connectivity index (χ2n) is 6.15. The minimum Gasteiger partial charge on any atom is -0.194 e. The smallest absolute Gasteiger partial charge is 0.194 e. The molecule has 4 rings (SSSR count). The zero-order valence-electron chi connectivity index (χ0n) is 12.5. The van der Waals surface area contributed by atoms with Gasteiger partial charge in [0.2, 0.25) is 0 Å². The van der Waals surface area contributed by atoms with E-state index in [9.17, 15) is 52.7 Å². The van der Waals surface area contributed by atoms with E-state index in [0.29, 0.717) is 0 Å². The minimum absolute atomic E-state index is 0.124. The van der Waals surface area contributed by atoms with Crippen LogP contribution in [0.25, 0.3) is 9.75 Å². The molecule has 0 N–H and O–H groups in total. The standard InChI is InChI=1S/C14H2F12S2/c15-9(16)3-1-27-7(5(3)11(19,20)13(9,23)24)8-6-4(2-28-8)10(17,18)14(25,26)12(6,21)22/h1-2H. The second-order valence-corrected chi connectivity index (χ2v) is 7.91. The number of thiophene rings is 2. The van der Waals surface area contributed by atoms with Crippen molar-refractivity contribution < 1.29 is 52.7 Å². The van der Waals surface area contributed by atoms with Crippen LogP contribution < -0.4 is 0 Å². The van der Waals surface area contributed by atoms with Gasteiger partial charge in [-0.2, -0.15) is 52.7 Å². The van der Waals surface area contributed by atoms with Crippen molar-refractivity contribution in [3.8, 4) is 9.75 Å². The van der Waals surface area contributed by atoms with E-state index in [1.54, 1.807) is 0 Å². The van der Waals surface area contributed by atoms with Crippen molar-refractivity contribution in [2.75, 3.05) is 0 Å². The molecule has 0 amide bonds. The van der Waals surface area contributed by atoms with Crippen LogP contribution >= 0.6 is 22.7 Å². The maximum Gasteiger partial charge on any atom is 0.380 e. The van der Waals surface area contributed by atoms with Crippen LogP contribution in [-0.4, -0.2) is 11.8 Å². The third-order valence-electron chi connectivity index (χ3n) is 4.67. The van der Waals surface area contributed by atoms with Gasteiger partial charge in [0.05, 0.1) is 20.9 Å². The third-order valence-corrected chi connectivity index (χ3v) is 6.79. The van der Waals surface area contributed by atoms with Gasteiger partial charge in [-0.15, -0.1) is 22.7 Å². The van der Waals surface area contributed by atoms with E-state index in [1.165, 1.54) is 0 Å². The van der Waals surface area contributed by atoms with Crippen LogP contribution in [0.15, 0.2) is 10.8 Å². The molecule has 0 atom stereocenters. The predicted octanol–water partition coefficient (Wildman–Crippen LogP) is 7.14. The van der Waals surface area contributed by atoms with Crippen molar-refractivity contribution in [1.29, 1.82) is 0 Å². The Bertz CT molecular complexity index is 916. The van der Waals surface area contributed by atoms with Crippen molar-refractivity contribution >= 4 is 22.7 Å². The average Bonchev–Trinajstić information content (AvgIpc) is 3.21. The van der Waals surface area contributed by atoms with E-state index in [0.717, 1.165) is 0 Å². The number of rotatable bonds is 1. The van der Waals surface area contributed by atoms with Crippen molar-refractivity contribution in [2.45, 2.75) is 35.5 Å². The summed E-state index contributed by atoms with van der Waals surface area (Å²) >= 11 is -0.248. The summed E-state index contributed by atoms with van der Waals surface area (Å²) < 4.78 is 165. The van der Waals surface area contributed by atoms with E-state index < -0.39 is 67.5 Å². The van der Waals surface area contributed by atoms with Crippen molar-refractivity contribution in [1.82, 2.24) is 0 Å². The fourth-order valence-corrected chi connectivity index (χ4v) is 5.60. The molecule has 2 aromatic heterocycles. The first-order valence-electron chi connectivity index (χ1n) is 6.97. The zero-order valence-corrected chi connectivity index (χ0v) is 14.1. The maximum absolute atomic E-state index is 14.0. The molecule has 0 saturated heterocycles. The minimum atomic E-state index is -5.93. The Hall–Kier alpha value is -1.44. The monoisotopic (exact) mass is 462 g/mol. The van der Waals surface area contributed by atoms with Crippen molar-refractivity contribution in [3.63, 3.8) is 0 Å². The number of halogens is 12. The van der Waals surface area contributed by atoms with Gasteiger partial charge in [-0.1, -0.05) is 0 Å². The molecule has 0 spiro atoms. The van der Waals surface area contributed by atoms with Crippen LogP contribution in [0.3, 0.4) is 0 Å². The summed E-state index contributed by atoms with van der Waals surface area (Å²) in [6.45, 7) is 0. The largest absolute Gasteiger partial charge is 0.380 e. The molecule has 2 aliphatic rings. The highest BCUT2D eigenvalue weighted by Gasteiger charge is 2.82. The van der Waals surface area contributed by atoms with E-state index in [2.05, 4.69) is 0 Å². The van der Waals surface area contributed by atoms with Gasteiger partial charge >= 0.3 is 35.5 Å². The van der Waals surface area contributed by atoms with Gasteiger partial charge in [0.1, 0.15) is 0 Å². The topological polar surface area (TPSA) is 0 Å². The van der Waals surface area contributed by atoms with E-state index >= 15 is 0 Å². The van der Waals surface area contributed by atoms with E-state index in [1.807, 2.05) is 0 Å². The zero-order chi connectivity index (χ0) is 21.3. The lowest BCUT2D eigenvalue weighted by molar-refractivity contribution is -0.302. The molecule has 154 valence electrons. The van der Waals surface area contributed by atoms with Crippen LogP contribution in [0.5, 0.6) is 0 Å². The molecule has 0 nitrogen and oxygen atoms in total. The fraction of sp³-hybridized carbons (Fsp3) is 0.429. The number of hydrogen-bond donors (Lipinski definition) is 0. The molecular formula is C14H2F12S2. The Morgan fingerprint density at radius 3 is 1.04 bits per heavy atom. The summed E-state index contributed by atoms with van der Waals surface area (Å²) in [5, 5.41) is 0.296. The lowest BCUT2D eigenvalue weighted by Crippen LogP contribution is -2.44. The summed E-state index contributed by atoms with van der Waals surface area (Å²) in [5.41, 5.74) is -7.81. The molecule has 2 aromatic rings. The van der Waals surface area contributed by atoms with Gasteiger partial charge in [-0.3, -0.25) is 0 Å². The van der Waals surface area contributed by atoms with Gasteiger partial charge in [0.25, 0.3) is 0 Å². The third kappa shape index (κ3) is 1.74. The summed E-state index contributed by atoms with van der Waals surface area (Å²) in [6, 6.07) is 0. The Labute approximate surface area is 154 Å². The summed E-state index contributed by atoms with van der Waals surface area (Å²) in [7, 11) is 0. The molecule has 0 radical (unpaired) electrons. The highest BCUT2D eigenvalue weighted by atomic mass is 32.1. The predicted molar refractivity (Wildman–Crippen MR) is 73.1 cm³/mol. The number of fused-ring (bicyclic) bond motifs is 2. The van der Waals surface area contributed by atoms with Gasteiger partial charge in [-0.25, -0.2) is 0 Å². The Kier molecular flexibility index (Phi) is 3.42. The molecular weight excluding hydrogens is 460 g/mol. The van der Waals surface area contributed by atoms with Crippen molar-refractivity contribution in [2.24, 2.45) is 0 Å². The lowest BCUT2D eigenvalue weighted by Gasteiger charge is -2.25. The highest BCUT2D eigenvalue weighted by Crippen LogP contribution is 2.70. The lowest BCUT2D eigenvalue weighted by atomic mass is 10.0. The molecule has 14 heteroatoms. The number of alkyl halides is 12. The van der Waals surface area contributed by atoms with Crippen LogP contribution in [-0.2, 0) is 23.7 Å². The molecule has 28 heavy (non-hydrogen) atoms. The highest BCUT2D eigenvalue weighted by molar-refractivity contribution is 7.21. The summed E-state index contributed by atoms with van der Waals surface area (Å²) in [5.74, 6) is -33.7. The molecule has 0 aromatic carbocycles.